The van der Waals surface area contributed by atoms with Crippen LogP contribution < -0.4 is 0 Å². The maximum absolute atomic E-state index is 11.6. The van der Waals surface area contributed by atoms with Crippen molar-refractivity contribution in [2.24, 2.45) is 7.05 Å². The largest absolute Gasteiger partial charge is 0.305 e. The van der Waals surface area contributed by atoms with Gasteiger partial charge in [-0.2, -0.15) is 0 Å². The number of sulfone groups is 1. The lowest BCUT2D eigenvalue weighted by atomic mass is 10.4. The molecule has 1 aromatic heterocycles. The molecule has 1 saturated carbocycles. The van der Waals surface area contributed by atoms with Crippen molar-refractivity contribution in [2.45, 2.75) is 30.8 Å². The predicted molar refractivity (Wildman–Crippen MR) is 50.7 cm³/mol. The third-order valence-electron chi connectivity index (χ3n) is 2.47. The van der Waals surface area contributed by atoms with Crippen LogP contribution in [0.1, 0.15) is 31.5 Å². The Balaban J connectivity index is 2.45. The van der Waals surface area contributed by atoms with E-state index < -0.39 is 9.84 Å². The molecule has 1 heterocycles. The van der Waals surface area contributed by atoms with Gasteiger partial charge in [0.15, 0.2) is 0 Å². The smallest absolute Gasteiger partial charge is 0.249 e. The lowest BCUT2D eigenvalue weighted by Crippen LogP contribution is -2.11. The molecule has 1 aromatic rings. The van der Waals surface area contributed by atoms with E-state index in [1.165, 1.54) is 0 Å². The third-order valence-corrected chi connectivity index (χ3v) is 4.14. The minimum Gasteiger partial charge on any atom is -0.305 e. The van der Waals surface area contributed by atoms with E-state index in [0.29, 0.717) is 5.92 Å². The van der Waals surface area contributed by atoms with Crippen LogP contribution in [0.3, 0.4) is 0 Å². The van der Waals surface area contributed by atoms with Crippen LogP contribution in [-0.2, 0) is 16.9 Å². The summed E-state index contributed by atoms with van der Waals surface area (Å²) >= 11 is 0. The molecule has 78 valence electrons. The summed E-state index contributed by atoms with van der Waals surface area (Å²) in [6.07, 6.45) is 2.19. The molecule has 2 rings (SSSR count). The molecule has 0 atom stereocenters. The van der Waals surface area contributed by atoms with Crippen molar-refractivity contribution in [3.63, 3.8) is 0 Å². The monoisotopic (exact) mass is 215 g/mol. The van der Waals surface area contributed by atoms with E-state index >= 15 is 0 Å². The van der Waals surface area contributed by atoms with Crippen LogP contribution in [0.5, 0.6) is 0 Å². The molecule has 0 spiro atoms. The van der Waals surface area contributed by atoms with Gasteiger partial charge < -0.3 is 4.57 Å². The molecule has 0 saturated heterocycles. The van der Waals surface area contributed by atoms with E-state index in [1.54, 1.807) is 18.5 Å². The Morgan fingerprint density at radius 3 is 2.57 bits per heavy atom. The van der Waals surface area contributed by atoms with Crippen LogP contribution in [0, 0.1) is 0 Å². The van der Waals surface area contributed by atoms with Crippen molar-refractivity contribution in [1.82, 2.24) is 14.8 Å². The summed E-state index contributed by atoms with van der Waals surface area (Å²) in [5, 5.41) is 7.77. The standard InChI is InChI=1S/C8H13N3O2S/c1-3-14(12,13)8-10-9-7(11(8)2)6-4-5-6/h6H,3-5H2,1-2H3. The summed E-state index contributed by atoms with van der Waals surface area (Å²) < 4.78 is 24.7. The van der Waals surface area contributed by atoms with Gasteiger partial charge in [-0.1, -0.05) is 6.92 Å². The normalized spacial score (nSPS) is 17.3. The Labute approximate surface area is 83.1 Å². The van der Waals surface area contributed by atoms with Gasteiger partial charge in [-0.3, -0.25) is 0 Å². The van der Waals surface area contributed by atoms with Gasteiger partial charge in [0.25, 0.3) is 0 Å². The third kappa shape index (κ3) is 1.43. The second-order valence-electron chi connectivity index (χ2n) is 3.58. The molecule has 0 unspecified atom stereocenters. The summed E-state index contributed by atoms with van der Waals surface area (Å²) in [4.78, 5) is 0. The average Bonchev–Trinajstić information content (AvgIpc) is 2.90. The Hall–Kier alpha value is -0.910. The SMILES string of the molecule is CCS(=O)(=O)c1nnc(C2CC2)n1C. The first-order valence-electron chi connectivity index (χ1n) is 4.68. The van der Waals surface area contributed by atoms with Crippen LogP contribution in [0.15, 0.2) is 5.16 Å². The van der Waals surface area contributed by atoms with Gasteiger partial charge in [-0.05, 0) is 12.8 Å². The average molecular weight is 215 g/mol. The van der Waals surface area contributed by atoms with E-state index in [9.17, 15) is 8.42 Å². The Morgan fingerprint density at radius 1 is 1.43 bits per heavy atom. The topological polar surface area (TPSA) is 64.8 Å². The summed E-state index contributed by atoms with van der Waals surface area (Å²) in [5.41, 5.74) is 0. The number of nitrogens with zero attached hydrogens (tertiary/aromatic N) is 3. The first kappa shape index (κ1) is 9.64. The van der Waals surface area contributed by atoms with Gasteiger partial charge in [0.05, 0.1) is 5.75 Å². The van der Waals surface area contributed by atoms with Crippen molar-refractivity contribution in [3.8, 4) is 0 Å². The van der Waals surface area contributed by atoms with Gasteiger partial charge in [0.2, 0.25) is 15.0 Å². The first-order chi connectivity index (χ1) is 6.56. The Bertz CT molecular complexity index is 445. The van der Waals surface area contributed by atoms with Crippen molar-refractivity contribution in [3.05, 3.63) is 5.82 Å². The minimum atomic E-state index is -3.22. The number of hydrogen-bond donors (Lipinski definition) is 0. The maximum Gasteiger partial charge on any atom is 0.249 e. The van der Waals surface area contributed by atoms with Crippen molar-refractivity contribution in [1.29, 1.82) is 0 Å². The molecular weight excluding hydrogens is 202 g/mol. The lowest BCUT2D eigenvalue weighted by Gasteiger charge is -2.01. The second kappa shape index (κ2) is 3.05. The second-order valence-corrected chi connectivity index (χ2v) is 5.75. The molecule has 0 radical (unpaired) electrons. The summed E-state index contributed by atoms with van der Waals surface area (Å²) in [6.45, 7) is 1.61. The zero-order chi connectivity index (χ0) is 10.3. The number of rotatable bonds is 3. The molecule has 1 fully saturated rings. The summed E-state index contributed by atoms with van der Waals surface area (Å²) in [7, 11) is -1.51. The predicted octanol–water partition coefficient (Wildman–Crippen LogP) is 0.486. The van der Waals surface area contributed by atoms with Gasteiger partial charge in [-0.25, -0.2) is 8.42 Å². The first-order valence-corrected chi connectivity index (χ1v) is 6.33. The highest BCUT2D eigenvalue weighted by molar-refractivity contribution is 7.91. The van der Waals surface area contributed by atoms with Crippen molar-refractivity contribution < 1.29 is 8.42 Å². The molecule has 0 bridgehead atoms. The molecule has 1 aliphatic rings. The van der Waals surface area contributed by atoms with Crippen molar-refractivity contribution >= 4 is 9.84 Å². The summed E-state index contributed by atoms with van der Waals surface area (Å²) in [6, 6.07) is 0. The van der Waals surface area contributed by atoms with Crippen LogP contribution in [-0.4, -0.2) is 28.9 Å². The summed E-state index contributed by atoms with van der Waals surface area (Å²) in [5.74, 6) is 1.30. The van der Waals surface area contributed by atoms with E-state index in [4.69, 9.17) is 0 Å². The van der Waals surface area contributed by atoms with Gasteiger partial charge >= 0.3 is 0 Å². The quantitative estimate of drug-likeness (QED) is 0.736. The number of aromatic nitrogens is 3. The van der Waals surface area contributed by atoms with Gasteiger partial charge in [0.1, 0.15) is 5.82 Å². The highest BCUT2D eigenvalue weighted by Gasteiger charge is 2.31. The fraction of sp³-hybridized carbons (Fsp3) is 0.750. The van der Waals surface area contributed by atoms with E-state index in [2.05, 4.69) is 10.2 Å². The minimum absolute atomic E-state index is 0.0731. The molecule has 1 aliphatic carbocycles. The molecule has 0 N–H and O–H groups in total. The fourth-order valence-corrected chi connectivity index (χ4v) is 2.36. The van der Waals surface area contributed by atoms with Crippen LogP contribution >= 0.6 is 0 Å². The van der Waals surface area contributed by atoms with Crippen LogP contribution in [0.4, 0.5) is 0 Å². The van der Waals surface area contributed by atoms with E-state index in [1.807, 2.05) is 0 Å². The zero-order valence-corrected chi connectivity index (χ0v) is 9.08. The lowest BCUT2D eigenvalue weighted by molar-refractivity contribution is 0.577. The molecule has 0 amide bonds. The highest BCUT2D eigenvalue weighted by Crippen LogP contribution is 2.39. The number of hydrogen-bond acceptors (Lipinski definition) is 4. The molecule has 6 heteroatoms. The van der Waals surface area contributed by atoms with Crippen LogP contribution in [0.25, 0.3) is 0 Å². The van der Waals surface area contributed by atoms with Crippen molar-refractivity contribution in [2.75, 3.05) is 5.75 Å². The van der Waals surface area contributed by atoms with Gasteiger partial charge in [-0.15, -0.1) is 10.2 Å². The maximum atomic E-state index is 11.6. The highest BCUT2D eigenvalue weighted by atomic mass is 32.2. The molecular formula is C8H13N3O2S. The Kier molecular flexibility index (Phi) is 2.10. The van der Waals surface area contributed by atoms with Crippen LogP contribution in [0.2, 0.25) is 0 Å². The zero-order valence-electron chi connectivity index (χ0n) is 8.27. The molecule has 5 nitrogen and oxygen atoms in total. The molecule has 14 heavy (non-hydrogen) atoms. The van der Waals surface area contributed by atoms with E-state index in [0.717, 1.165) is 18.7 Å². The van der Waals surface area contributed by atoms with E-state index in [-0.39, 0.29) is 10.9 Å². The van der Waals surface area contributed by atoms with Gasteiger partial charge in [0, 0.05) is 13.0 Å². The fourth-order valence-electron chi connectivity index (χ4n) is 1.42. The molecule has 0 aromatic carbocycles. The Morgan fingerprint density at radius 2 is 2.07 bits per heavy atom. The molecule has 0 aliphatic heterocycles.